The second-order valence-electron chi connectivity index (χ2n) is 6.21. The van der Waals surface area contributed by atoms with Crippen molar-refractivity contribution in [2.75, 3.05) is 0 Å². The third-order valence-electron chi connectivity index (χ3n) is 4.35. The molecule has 0 radical (unpaired) electrons. The molecular weight excluding hydrogens is 356 g/mol. The van der Waals surface area contributed by atoms with Crippen LogP contribution in [0.25, 0.3) is 29.7 Å². The first-order valence-corrected chi connectivity index (χ1v) is 8.53. The molecule has 0 aliphatic carbocycles. The highest BCUT2D eigenvalue weighted by atomic mass is 16.4. The molecule has 0 aliphatic heterocycles. The molecule has 0 saturated heterocycles. The van der Waals surface area contributed by atoms with E-state index < -0.39 is 5.97 Å². The largest absolute Gasteiger partial charge is 0.478 e. The van der Waals surface area contributed by atoms with Gasteiger partial charge in [0.2, 0.25) is 0 Å². The number of hydrogen-bond acceptors (Lipinski definition) is 3. The Hall–Kier alpha value is -4.06. The van der Waals surface area contributed by atoms with Crippen LogP contribution < -0.4 is 16.1 Å². The minimum atomic E-state index is -1.02. The molecular formula is C22H16N2O4. The van der Waals surface area contributed by atoms with E-state index in [0.29, 0.717) is 27.8 Å². The van der Waals surface area contributed by atoms with Crippen LogP contribution in [0, 0.1) is 0 Å². The molecule has 2 aromatic heterocycles. The number of aromatic carboxylic acids is 1. The van der Waals surface area contributed by atoms with Crippen LogP contribution in [0.5, 0.6) is 0 Å². The molecule has 2 N–H and O–H groups in total. The lowest BCUT2D eigenvalue weighted by molar-refractivity contribution is 0.0697. The number of aromatic amines is 1. The Morgan fingerprint density at radius 3 is 2.43 bits per heavy atom. The first-order chi connectivity index (χ1) is 13.5. The average Bonchev–Trinajstić information content (AvgIpc) is 3.29. The normalized spacial score (nSPS) is 11.6. The molecule has 2 aromatic carbocycles. The van der Waals surface area contributed by atoms with Gasteiger partial charge in [-0.1, -0.05) is 36.9 Å². The molecule has 6 nitrogen and oxygen atoms in total. The van der Waals surface area contributed by atoms with E-state index in [-0.39, 0.29) is 11.1 Å². The van der Waals surface area contributed by atoms with E-state index in [2.05, 4.69) is 11.7 Å². The molecule has 0 atom stereocenters. The first-order valence-electron chi connectivity index (χ1n) is 8.53. The van der Waals surface area contributed by atoms with E-state index >= 15 is 0 Å². The second-order valence-corrected chi connectivity index (χ2v) is 6.21. The summed E-state index contributed by atoms with van der Waals surface area (Å²) >= 11 is 0. The van der Waals surface area contributed by atoms with Gasteiger partial charge < -0.3 is 9.52 Å². The summed E-state index contributed by atoms with van der Waals surface area (Å²) in [5, 5.41) is 12.7. The molecule has 4 aromatic rings. The fourth-order valence-corrected chi connectivity index (χ4v) is 2.91. The molecule has 0 spiro atoms. The maximum Gasteiger partial charge on any atom is 0.335 e. The third-order valence-corrected chi connectivity index (χ3v) is 4.35. The number of furan rings is 1. The quantitative estimate of drug-likeness (QED) is 0.576. The molecule has 0 amide bonds. The van der Waals surface area contributed by atoms with Gasteiger partial charge in [0.1, 0.15) is 11.5 Å². The van der Waals surface area contributed by atoms with Gasteiger partial charge in [-0.3, -0.25) is 9.89 Å². The number of nitrogens with zero attached hydrogens (tertiary/aromatic N) is 1. The monoisotopic (exact) mass is 372 g/mol. The zero-order valence-electron chi connectivity index (χ0n) is 14.8. The van der Waals surface area contributed by atoms with Crippen LogP contribution in [-0.2, 0) is 0 Å². The van der Waals surface area contributed by atoms with Crippen molar-refractivity contribution in [3.8, 4) is 17.0 Å². The van der Waals surface area contributed by atoms with Crippen molar-refractivity contribution in [3.05, 3.63) is 99.0 Å². The lowest BCUT2D eigenvalue weighted by Crippen LogP contribution is -2.33. The smallest absolute Gasteiger partial charge is 0.335 e. The van der Waals surface area contributed by atoms with Crippen molar-refractivity contribution in [2.24, 2.45) is 0 Å². The fourth-order valence-electron chi connectivity index (χ4n) is 2.91. The summed E-state index contributed by atoms with van der Waals surface area (Å²) in [5.74, 6) is 0.218. The van der Waals surface area contributed by atoms with Crippen molar-refractivity contribution < 1.29 is 14.3 Å². The van der Waals surface area contributed by atoms with E-state index in [9.17, 15) is 9.59 Å². The summed E-state index contributed by atoms with van der Waals surface area (Å²) in [4.78, 5) is 23.8. The molecule has 6 heteroatoms. The summed E-state index contributed by atoms with van der Waals surface area (Å²) in [7, 11) is 0. The van der Waals surface area contributed by atoms with Gasteiger partial charge in [-0.25, -0.2) is 9.48 Å². The van der Waals surface area contributed by atoms with Gasteiger partial charge in [-0.05, 0) is 42.5 Å². The van der Waals surface area contributed by atoms with Crippen LogP contribution in [0.4, 0.5) is 0 Å². The zero-order chi connectivity index (χ0) is 19.7. The Morgan fingerprint density at radius 2 is 1.75 bits per heavy atom. The number of carboxylic acid groups (broad SMARTS) is 1. The predicted octanol–water partition coefficient (Wildman–Crippen LogP) is 2.36. The molecule has 2 heterocycles. The van der Waals surface area contributed by atoms with Crippen LogP contribution in [0.15, 0.2) is 75.9 Å². The molecule has 0 fully saturated rings. The van der Waals surface area contributed by atoms with E-state index in [4.69, 9.17) is 9.52 Å². The maximum atomic E-state index is 12.8. The van der Waals surface area contributed by atoms with Crippen LogP contribution in [0.2, 0.25) is 0 Å². The zero-order valence-corrected chi connectivity index (χ0v) is 14.8. The number of rotatable bonds is 4. The third kappa shape index (κ3) is 3.19. The number of aromatic nitrogens is 2. The van der Waals surface area contributed by atoms with Crippen molar-refractivity contribution in [1.82, 2.24) is 9.78 Å². The van der Waals surface area contributed by atoms with E-state index in [1.165, 1.54) is 16.8 Å². The van der Waals surface area contributed by atoms with Crippen molar-refractivity contribution in [2.45, 2.75) is 0 Å². The fraction of sp³-hybridized carbons (Fsp3) is 0. The summed E-state index contributed by atoms with van der Waals surface area (Å²) in [6.45, 7) is 3.89. The number of H-pyrrole nitrogens is 1. The van der Waals surface area contributed by atoms with Crippen LogP contribution in [0.3, 0.4) is 0 Å². The van der Waals surface area contributed by atoms with Crippen LogP contribution in [-0.4, -0.2) is 20.9 Å². The topological polar surface area (TPSA) is 88.2 Å². The molecule has 0 unspecified atom stereocenters. The van der Waals surface area contributed by atoms with Gasteiger partial charge in [-0.15, -0.1) is 0 Å². The second kappa shape index (κ2) is 6.92. The Bertz CT molecular complexity index is 1310. The van der Waals surface area contributed by atoms with Gasteiger partial charge in [0.25, 0.3) is 5.56 Å². The minimum absolute atomic E-state index is 0.147. The van der Waals surface area contributed by atoms with Gasteiger partial charge in [0.15, 0.2) is 0 Å². The molecule has 0 bridgehead atoms. The van der Waals surface area contributed by atoms with E-state index in [0.717, 1.165) is 5.56 Å². The lowest BCUT2D eigenvalue weighted by Gasteiger charge is -2.01. The van der Waals surface area contributed by atoms with Crippen molar-refractivity contribution in [3.63, 3.8) is 0 Å². The Kier molecular flexibility index (Phi) is 4.29. The summed E-state index contributed by atoms with van der Waals surface area (Å²) in [6, 6.07) is 19.3. The Labute approximate surface area is 159 Å². The maximum absolute atomic E-state index is 12.8. The van der Waals surface area contributed by atoms with Crippen molar-refractivity contribution >= 4 is 18.6 Å². The molecule has 0 aliphatic rings. The number of carboxylic acids is 1. The van der Waals surface area contributed by atoms with Crippen molar-refractivity contribution in [1.29, 1.82) is 0 Å². The average molecular weight is 372 g/mol. The van der Waals surface area contributed by atoms with E-state index in [1.807, 2.05) is 36.4 Å². The van der Waals surface area contributed by atoms with Crippen LogP contribution >= 0.6 is 0 Å². The van der Waals surface area contributed by atoms with Crippen LogP contribution in [0.1, 0.15) is 16.1 Å². The highest BCUT2D eigenvalue weighted by molar-refractivity contribution is 5.87. The van der Waals surface area contributed by atoms with Gasteiger partial charge in [0, 0.05) is 5.56 Å². The van der Waals surface area contributed by atoms with Gasteiger partial charge in [0.05, 0.1) is 21.8 Å². The first kappa shape index (κ1) is 17.4. The molecule has 138 valence electrons. The summed E-state index contributed by atoms with van der Waals surface area (Å²) < 4.78 is 7.15. The highest BCUT2D eigenvalue weighted by Crippen LogP contribution is 2.21. The minimum Gasteiger partial charge on any atom is -0.478 e. The molecule has 4 rings (SSSR count). The predicted molar refractivity (Wildman–Crippen MR) is 106 cm³/mol. The van der Waals surface area contributed by atoms with E-state index in [1.54, 1.807) is 24.3 Å². The Morgan fingerprint density at radius 1 is 1.04 bits per heavy atom. The number of carbonyl (C=O) groups is 1. The Balaban J connectivity index is 1.74. The van der Waals surface area contributed by atoms with Gasteiger partial charge in [-0.2, -0.15) is 0 Å². The highest BCUT2D eigenvalue weighted by Gasteiger charge is 2.08. The summed E-state index contributed by atoms with van der Waals surface area (Å²) in [6.07, 6.45) is 1.63. The molecule has 0 saturated carbocycles. The number of hydrogen-bond donors (Lipinski definition) is 2. The van der Waals surface area contributed by atoms with Gasteiger partial charge >= 0.3 is 5.97 Å². The number of nitrogens with one attached hydrogen (secondary N) is 1. The molecule has 28 heavy (non-hydrogen) atoms. The lowest BCUT2D eigenvalue weighted by atomic mass is 10.2. The standard InChI is InChI=1S/C22H16N2O4/c1-14-19(13-18-11-12-20(28-18)15-5-3-2-4-6-15)21(25)24(23-14)17-9-7-16(8-10-17)22(26)27/h2-13,23H,1H2,(H,26,27). The number of benzene rings is 2. The summed E-state index contributed by atoms with van der Waals surface area (Å²) in [5.41, 5.74) is 1.31. The SMILES string of the molecule is C=c1[nH]n(-c2ccc(C(=O)O)cc2)c(=O)c1=Cc1ccc(-c2ccccc2)o1.